The fourth-order valence-corrected chi connectivity index (χ4v) is 4.43. The molecular formula is C24H22BF2N5O10. The van der Waals surface area contributed by atoms with E-state index in [1.54, 1.807) is 6.92 Å². The predicted molar refractivity (Wildman–Crippen MR) is 134 cm³/mol. The van der Waals surface area contributed by atoms with Crippen LogP contribution in [-0.2, 0) is 20.8 Å². The number of fused-ring (bicyclic) bond motifs is 1. The van der Waals surface area contributed by atoms with E-state index in [2.05, 4.69) is 15.6 Å². The number of piperazine rings is 1. The summed E-state index contributed by atoms with van der Waals surface area (Å²) in [7, 11) is -1.92. The fourth-order valence-electron chi connectivity index (χ4n) is 4.43. The first-order valence-electron chi connectivity index (χ1n) is 12.3. The lowest BCUT2D eigenvalue weighted by Crippen LogP contribution is -2.60. The van der Waals surface area contributed by atoms with Gasteiger partial charge in [-0.2, -0.15) is 0 Å². The van der Waals surface area contributed by atoms with Gasteiger partial charge in [-0.25, -0.2) is 23.2 Å². The Hall–Kier alpha value is -5.13. The summed E-state index contributed by atoms with van der Waals surface area (Å²) in [6.07, 6.45) is 0.433. The van der Waals surface area contributed by atoms with Gasteiger partial charge in [-0.1, -0.05) is 6.07 Å². The highest BCUT2D eigenvalue weighted by molar-refractivity contribution is 6.47. The third-order valence-corrected chi connectivity index (χ3v) is 6.61. The molecule has 18 heteroatoms. The molecule has 220 valence electrons. The maximum atomic E-state index is 15.0. The molecule has 0 bridgehead atoms. The van der Waals surface area contributed by atoms with E-state index in [0.717, 1.165) is 12.3 Å². The van der Waals surface area contributed by atoms with E-state index in [1.165, 1.54) is 11.0 Å². The van der Waals surface area contributed by atoms with Crippen LogP contribution in [0.25, 0.3) is 0 Å². The first-order valence-corrected chi connectivity index (χ1v) is 12.3. The highest BCUT2D eigenvalue weighted by Gasteiger charge is 2.42. The second kappa shape index (κ2) is 11.8. The molecule has 2 atom stereocenters. The molecule has 3 heterocycles. The topological polar surface area (TPSA) is 216 Å². The second-order valence-corrected chi connectivity index (χ2v) is 9.16. The Labute approximate surface area is 235 Å². The van der Waals surface area contributed by atoms with Crippen molar-refractivity contribution in [3.63, 3.8) is 0 Å². The quantitative estimate of drug-likeness (QED) is 0.202. The molecule has 1 saturated heterocycles. The number of rotatable bonds is 7. The monoisotopic (exact) mass is 589 g/mol. The number of carbonyl (C=O) groups is 6. The standard InChI is InChI=1S/C24H22BF2N5O10/c1-2-31-5-6-32(21(35)20(31)34)24(40)30-17(16-13(27)7-11(9-28-16)22(36)37)19(33)29-14-8-10-3-4-12(26)15(23(38)39)18(10)42-25(14)41/h3-4,7,9,14,17,41H,2,5-6,8H2,1H3,(H,29,33)(H,30,40)(H,36,37)(H,38,39)/t14-,17?/m0/s1. The average Bonchev–Trinajstić information content (AvgIpc) is 2.93. The van der Waals surface area contributed by atoms with Gasteiger partial charge in [0.05, 0.1) is 11.5 Å². The summed E-state index contributed by atoms with van der Waals surface area (Å²) in [5.41, 5.74) is -2.09. The van der Waals surface area contributed by atoms with Gasteiger partial charge in [-0.3, -0.25) is 24.3 Å². The molecule has 2 aliphatic heterocycles. The van der Waals surface area contributed by atoms with E-state index in [0.29, 0.717) is 11.0 Å². The van der Waals surface area contributed by atoms with E-state index < -0.39 is 89.0 Å². The van der Waals surface area contributed by atoms with E-state index in [9.17, 15) is 47.7 Å². The van der Waals surface area contributed by atoms with Crippen molar-refractivity contribution in [2.45, 2.75) is 25.3 Å². The zero-order valence-electron chi connectivity index (χ0n) is 21.7. The lowest BCUT2D eigenvalue weighted by atomic mass is 9.72. The molecule has 0 radical (unpaired) electrons. The van der Waals surface area contributed by atoms with Crippen LogP contribution in [0.15, 0.2) is 24.4 Å². The Bertz CT molecular complexity index is 1510. The minimum Gasteiger partial charge on any atom is -0.534 e. The lowest BCUT2D eigenvalue weighted by Gasteiger charge is -2.33. The molecule has 5 N–H and O–H groups in total. The summed E-state index contributed by atoms with van der Waals surface area (Å²) >= 11 is 0. The van der Waals surface area contributed by atoms with Gasteiger partial charge in [0.15, 0.2) is 6.04 Å². The van der Waals surface area contributed by atoms with Crippen molar-refractivity contribution in [1.82, 2.24) is 25.4 Å². The van der Waals surface area contributed by atoms with Crippen LogP contribution in [0.3, 0.4) is 0 Å². The molecule has 42 heavy (non-hydrogen) atoms. The number of urea groups is 1. The molecule has 15 nitrogen and oxygen atoms in total. The van der Waals surface area contributed by atoms with Crippen LogP contribution in [0.4, 0.5) is 13.6 Å². The smallest absolute Gasteiger partial charge is 0.534 e. The zero-order valence-corrected chi connectivity index (χ0v) is 21.7. The maximum Gasteiger partial charge on any atom is 0.547 e. The number of benzene rings is 1. The molecule has 4 rings (SSSR count). The van der Waals surface area contributed by atoms with Crippen molar-refractivity contribution in [2.24, 2.45) is 0 Å². The van der Waals surface area contributed by atoms with Crippen molar-refractivity contribution in [1.29, 1.82) is 0 Å². The summed E-state index contributed by atoms with van der Waals surface area (Å²) in [6.45, 7) is 1.57. The number of halogens is 2. The van der Waals surface area contributed by atoms with Gasteiger partial charge in [0.1, 0.15) is 28.6 Å². The lowest BCUT2D eigenvalue weighted by molar-refractivity contribution is -0.153. The number of pyridine rings is 1. The number of hydrogen-bond acceptors (Lipinski definition) is 9. The third kappa shape index (κ3) is 5.69. The van der Waals surface area contributed by atoms with Crippen molar-refractivity contribution in [3.8, 4) is 5.75 Å². The van der Waals surface area contributed by atoms with Gasteiger partial charge in [-0.05, 0) is 31.0 Å². The number of aromatic carboxylic acids is 2. The molecule has 1 unspecified atom stereocenters. The molecule has 2 aromatic rings. The van der Waals surface area contributed by atoms with Crippen LogP contribution in [-0.4, -0.2) is 98.4 Å². The Morgan fingerprint density at radius 3 is 2.45 bits per heavy atom. The van der Waals surface area contributed by atoms with Crippen LogP contribution in [0.5, 0.6) is 5.75 Å². The van der Waals surface area contributed by atoms with Gasteiger partial charge in [0.25, 0.3) is 0 Å². The average molecular weight is 589 g/mol. The van der Waals surface area contributed by atoms with Crippen molar-refractivity contribution >= 4 is 42.8 Å². The molecular weight excluding hydrogens is 567 g/mol. The van der Waals surface area contributed by atoms with Gasteiger partial charge in [0, 0.05) is 25.8 Å². The first kappa shape index (κ1) is 29.8. The van der Waals surface area contributed by atoms with Crippen LogP contribution in [0, 0.1) is 11.6 Å². The minimum absolute atomic E-state index is 0.00475. The van der Waals surface area contributed by atoms with Crippen LogP contribution in [0.1, 0.15) is 44.9 Å². The first-order chi connectivity index (χ1) is 19.8. The van der Waals surface area contributed by atoms with Gasteiger partial charge >= 0.3 is 36.9 Å². The Kier molecular flexibility index (Phi) is 8.37. The van der Waals surface area contributed by atoms with Crippen molar-refractivity contribution in [2.75, 3.05) is 19.6 Å². The Balaban J connectivity index is 1.62. The Morgan fingerprint density at radius 2 is 1.83 bits per heavy atom. The number of carboxylic acids is 2. The summed E-state index contributed by atoms with van der Waals surface area (Å²) in [6, 6.07) is -0.719. The highest BCUT2D eigenvalue weighted by Crippen LogP contribution is 2.32. The van der Waals surface area contributed by atoms with Crippen LogP contribution >= 0.6 is 0 Å². The largest absolute Gasteiger partial charge is 0.547 e. The number of nitrogens with zero attached hydrogens (tertiary/aromatic N) is 3. The van der Waals surface area contributed by atoms with Crippen molar-refractivity contribution in [3.05, 3.63) is 58.4 Å². The number of hydrogen-bond donors (Lipinski definition) is 5. The van der Waals surface area contributed by atoms with E-state index in [1.807, 2.05) is 0 Å². The predicted octanol–water partition coefficient (Wildman–Crippen LogP) is -0.663. The number of carboxylic acid groups (broad SMARTS) is 2. The normalized spacial score (nSPS) is 17.2. The molecule has 1 fully saturated rings. The molecule has 0 spiro atoms. The fraction of sp³-hybridized carbons (Fsp3) is 0.292. The highest BCUT2D eigenvalue weighted by atomic mass is 19.1. The molecule has 5 amide bonds. The number of amides is 5. The number of carbonyl (C=O) groups excluding carboxylic acids is 4. The molecule has 0 saturated carbocycles. The second-order valence-electron chi connectivity index (χ2n) is 9.16. The maximum absolute atomic E-state index is 15.0. The summed E-state index contributed by atoms with van der Waals surface area (Å²) in [4.78, 5) is 79.2. The van der Waals surface area contributed by atoms with Crippen molar-refractivity contribution < 1.29 is 57.4 Å². The van der Waals surface area contributed by atoms with E-state index in [4.69, 9.17) is 9.76 Å². The van der Waals surface area contributed by atoms with Crippen LogP contribution < -0.4 is 15.3 Å². The third-order valence-electron chi connectivity index (χ3n) is 6.61. The van der Waals surface area contributed by atoms with Crippen LogP contribution in [0.2, 0.25) is 0 Å². The van der Waals surface area contributed by atoms with Gasteiger partial charge in [-0.15, -0.1) is 0 Å². The number of aromatic nitrogens is 1. The molecule has 1 aromatic carbocycles. The summed E-state index contributed by atoms with van der Waals surface area (Å²) in [5.74, 6) is -10.8. The zero-order chi connectivity index (χ0) is 30.9. The Morgan fingerprint density at radius 1 is 1.12 bits per heavy atom. The van der Waals surface area contributed by atoms with E-state index in [-0.39, 0.29) is 31.6 Å². The van der Waals surface area contributed by atoms with Gasteiger partial charge in [0.2, 0.25) is 5.91 Å². The molecule has 2 aliphatic rings. The number of likely N-dealkylation sites (N-methyl/N-ethyl adjacent to an activating group) is 1. The summed E-state index contributed by atoms with van der Waals surface area (Å²) in [5, 5.41) is 33.3. The van der Waals surface area contributed by atoms with Gasteiger partial charge < -0.3 is 35.4 Å². The molecule has 0 aliphatic carbocycles. The number of imide groups is 1. The number of nitrogens with one attached hydrogen (secondary N) is 2. The van der Waals surface area contributed by atoms with E-state index >= 15 is 0 Å². The SMILES string of the molecule is CCN1CCN(C(=O)NC(C(=O)N[C@H]2Cc3ccc(F)c(C(=O)O)c3OB2O)c2ncc(C(=O)O)cc2F)C(=O)C1=O. The minimum atomic E-state index is -2.02. The molecule has 1 aromatic heterocycles. The summed E-state index contributed by atoms with van der Waals surface area (Å²) < 4.78 is 34.2.